The Bertz CT molecular complexity index is 385. The van der Waals surface area contributed by atoms with Crippen LogP contribution in [0.5, 0.6) is 5.75 Å². The molecule has 0 aromatic heterocycles. The van der Waals surface area contributed by atoms with Crippen LogP contribution < -0.4 is 5.46 Å². The highest BCUT2D eigenvalue weighted by Crippen LogP contribution is 2.24. The van der Waals surface area contributed by atoms with Crippen molar-refractivity contribution in [2.45, 2.75) is 13.8 Å². The van der Waals surface area contributed by atoms with Crippen LogP contribution >= 0.6 is 15.9 Å². The van der Waals surface area contributed by atoms with Gasteiger partial charge in [0.2, 0.25) is 0 Å². The summed E-state index contributed by atoms with van der Waals surface area (Å²) in [6.07, 6.45) is 0. The minimum Gasteiger partial charge on any atom is -0.507 e. The fourth-order valence-corrected chi connectivity index (χ4v) is 1.95. The zero-order valence-corrected chi connectivity index (χ0v) is 11.0. The molecule has 1 saturated heterocycles. The van der Waals surface area contributed by atoms with E-state index < -0.39 is 0 Å². The Labute approximate surface area is 104 Å². The first-order chi connectivity index (χ1) is 7.48. The van der Waals surface area contributed by atoms with Crippen LogP contribution in [0.4, 0.5) is 0 Å². The number of rotatable bonds is 1. The van der Waals surface area contributed by atoms with E-state index in [2.05, 4.69) is 29.8 Å². The lowest BCUT2D eigenvalue weighted by molar-refractivity contribution is 0.0343. The molecule has 0 spiro atoms. The molecule has 1 heterocycles. The summed E-state index contributed by atoms with van der Waals surface area (Å²) in [6, 6.07) is 5.26. The molecule has 1 aromatic carbocycles. The number of hydrogen-bond acceptors (Lipinski definition) is 3. The summed E-state index contributed by atoms with van der Waals surface area (Å²) < 4.78 is 12.0. The van der Waals surface area contributed by atoms with Crippen molar-refractivity contribution in [3.8, 4) is 5.75 Å². The summed E-state index contributed by atoms with van der Waals surface area (Å²) in [7, 11) is -0.329. The van der Waals surface area contributed by atoms with Gasteiger partial charge in [0.25, 0.3) is 0 Å². The average molecular weight is 285 g/mol. The normalized spacial score (nSPS) is 19.8. The number of halogens is 1. The Morgan fingerprint density at radius 2 is 1.94 bits per heavy atom. The highest BCUT2D eigenvalue weighted by Gasteiger charge is 2.33. The molecule has 1 N–H and O–H groups in total. The fraction of sp³-hybridized carbons (Fsp3) is 0.455. The van der Waals surface area contributed by atoms with Crippen molar-refractivity contribution in [1.82, 2.24) is 0 Å². The van der Waals surface area contributed by atoms with E-state index in [-0.39, 0.29) is 18.3 Å². The molecule has 5 heteroatoms. The van der Waals surface area contributed by atoms with Gasteiger partial charge >= 0.3 is 7.12 Å². The van der Waals surface area contributed by atoms with Crippen LogP contribution in [-0.2, 0) is 9.31 Å². The molecule has 0 unspecified atom stereocenters. The van der Waals surface area contributed by atoms with Gasteiger partial charge in [0, 0.05) is 18.6 Å². The van der Waals surface area contributed by atoms with Gasteiger partial charge in [-0.25, -0.2) is 0 Å². The molecule has 0 bridgehead atoms. The van der Waals surface area contributed by atoms with Crippen molar-refractivity contribution in [3.63, 3.8) is 0 Å². The third-order valence-corrected chi connectivity index (χ3v) is 3.13. The average Bonchev–Trinajstić information content (AvgIpc) is 2.22. The standard InChI is InChI=1S/C11H14BBrO3/c1-11(2)6-15-12(16-7-11)8-3-4-10(14)9(13)5-8/h3-5,14H,6-7H2,1-2H3. The molecule has 1 aliphatic heterocycles. The maximum absolute atomic E-state index is 9.40. The molecular weight excluding hydrogens is 271 g/mol. The van der Waals surface area contributed by atoms with Gasteiger partial charge < -0.3 is 14.4 Å². The van der Waals surface area contributed by atoms with Crippen LogP contribution in [0.2, 0.25) is 0 Å². The van der Waals surface area contributed by atoms with E-state index in [1.165, 1.54) is 0 Å². The Balaban J connectivity index is 2.11. The van der Waals surface area contributed by atoms with Crippen molar-refractivity contribution >= 4 is 28.5 Å². The molecular formula is C11H14BBrO3. The molecule has 0 atom stereocenters. The molecule has 3 nitrogen and oxygen atoms in total. The summed E-state index contributed by atoms with van der Waals surface area (Å²) in [5.74, 6) is 0.222. The smallest absolute Gasteiger partial charge is 0.493 e. The summed E-state index contributed by atoms with van der Waals surface area (Å²) in [4.78, 5) is 0. The lowest BCUT2D eigenvalue weighted by Crippen LogP contribution is -2.47. The van der Waals surface area contributed by atoms with Crippen LogP contribution in [0.25, 0.3) is 0 Å². The molecule has 0 aliphatic carbocycles. The quantitative estimate of drug-likeness (QED) is 0.801. The summed E-state index contributed by atoms with van der Waals surface area (Å²) in [5.41, 5.74) is 0.991. The van der Waals surface area contributed by atoms with Gasteiger partial charge in [-0.1, -0.05) is 19.9 Å². The number of hydrogen-bond donors (Lipinski definition) is 1. The maximum Gasteiger partial charge on any atom is 0.493 e. The van der Waals surface area contributed by atoms with Crippen LogP contribution in [0.3, 0.4) is 0 Å². The number of phenolic OH excluding ortho intramolecular Hbond substituents is 1. The highest BCUT2D eigenvalue weighted by molar-refractivity contribution is 9.10. The van der Waals surface area contributed by atoms with E-state index in [4.69, 9.17) is 9.31 Å². The summed E-state index contributed by atoms with van der Waals surface area (Å²) in [5, 5.41) is 9.40. The summed E-state index contributed by atoms with van der Waals surface area (Å²) in [6.45, 7) is 5.57. The van der Waals surface area contributed by atoms with Crippen molar-refractivity contribution in [3.05, 3.63) is 22.7 Å². The molecule has 1 fully saturated rings. The van der Waals surface area contributed by atoms with Gasteiger partial charge in [0.05, 0.1) is 4.47 Å². The van der Waals surface area contributed by atoms with Gasteiger partial charge in [-0.3, -0.25) is 0 Å². The van der Waals surface area contributed by atoms with E-state index >= 15 is 0 Å². The van der Waals surface area contributed by atoms with Gasteiger partial charge in [-0.05, 0) is 33.5 Å². The zero-order valence-electron chi connectivity index (χ0n) is 9.37. The van der Waals surface area contributed by atoms with E-state index in [0.29, 0.717) is 17.7 Å². The second kappa shape index (κ2) is 4.39. The minimum atomic E-state index is -0.329. The SMILES string of the molecule is CC1(C)COB(c2ccc(O)c(Br)c2)OC1. The zero-order chi connectivity index (χ0) is 11.8. The van der Waals surface area contributed by atoms with Crippen molar-refractivity contribution in [2.24, 2.45) is 5.41 Å². The number of phenols is 1. The van der Waals surface area contributed by atoms with Crippen LogP contribution in [0.15, 0.2) is 22.7 Å². The molecule has 1 aromatic rings. The molecule has 16 heavy (non-hydrogen) atoms. The fourth-order valence-electron chi connectivity index (χ4n) is 1.55. The minimum absolute atomic E-state index is 0.0741. The first-order valence-electron chi connectivity index (χ1n) is 5.20. The third-order valence-electron chi connectivity index (χ3n) is 2.49. The molecule has 0 amide bonds. The predicted molar refractivity (Wildman–Crippen MR) is 66.9 cm³/mol. The topological polar surface area (TPSA) is 38.7 Å². The van der Waals surface area contributed by atoms with Crippen LogP contribution in [-0.4, -0.2) is 25.4 Å². The number of benzene rings is 1. The van der Waals surface area contributed by atoms with Crippen molar-refractivity contribution < 1.29 is 14.4 Å². The predicted octanol–water partition coefficient (Wildman–Crippen LogP) is 1.92. The Morgan fingerprint density at radius 3 is 2.50 bits per heavy atom. The molecule has 86 valence electrons. The molecule has 2 rings (SSSR count). The molecule has 0 saturated carbocycles. The van der Waals surface area contributed by atoms with Crippen molar-refractivity contribution in [1.29, 1.82) is 0 Å². The van der Waals surface area contributed by atoms with Crippen molar-refractivity contribution in [2.75, 3.05) is 13.2 Å². The molecule has 0 radical (unpaired) electrons. The second-order valence-corrected chi connectivity index (χ2v) is 5.68. The number of aromatic hydroxyl groups is 1. The molecule has 1 aliphatic rings. The first kappa shape index (κ1) is 12.0. The maximum atomic E-state index is 9.40. The van der Waals surface area contributed by atoms with Gasteiger partial charge in [0.15, 0.2) is 0 Å². The van der Waals surface area contributed by atoms with E-state index in [9.17, 15) is 5.11 Å². The Morgan fingerprint density at radius 1 is 1.31 bits per heavy atom. The van der Waals surface area contributed by atoms with E-state index in [1.54, 1.807) is 6.07 Å². The lowest BCUT2D eigenvalue weighted by atomic mass is 9.76. The van der Waals surface area contributed by atoms with Gasteiger partial charge in [-0.2, -0.15) is 0 Å². The van der Waals surface area contributed by atoms with E-state index in [1.807, 2.05) is 12.1 Å². The van der Waals surface area contributed by atoms with Gasteiger partial charge in [0.1, 0.15) is 5.75 Å². The van der Waals surface area contributed by atoms with Crippen LogP contribution in [0, 0.1) is 5.41 Å². The second-order valence-electron chi connectivity index (χ2n) is 4.83. The lowest BCUT2D eigenvalue weighted by Gasteiger charge is -2.33. The van der Waals surface area contributed by atoms with Crippen LogP contribution in [0.1, 0.15) is 13.8 Å². The first-order valence-corrected chi connectivity index (χ1v) is 5.99. The largest absolute Gasteiger partial charge is 0.507 e. The Kier molecular flexibility index (Phi) is 3.28. The Hall–Kier alpha value is -0.515. The monoisotopic (exact) mass is 284 g/mol. The van der Waals surface area contributed by atoms with E-state index in [0.717, 1.165) is 5.46 Å². The third kappa shape index (κ3) is 2.59. The highest BCUT2D eigenvalue weighted by atomic mass is 79.9. The summed E-state index contributed by atoms with van der Waals surface area (Å²) >= 11 is 3.27. The van der Waals surface area contributed by atoms with Gasteiger partial charge in [-0.15, -0.1) is 0 Å².